The Morgan fingerprint density at radius 1 is 1.33 bits per heavy atom. The zero-order valence-electron chi connectivity index (χ0n) is 10.7. The molecule has 0 radical (unpaired) electrons. The predicted molar refractivity (Wildman–Crippen MR) is 76.6 cm³/mol. The van der Waals surface area contributed by atoms with Crippen LogP contribution in [0.25, 0.3) is 0 Å². The van der Waals surface area contributed by atoms with Gasteiger partial charge in [-0.2, -0.15) is 0 Å². The Morgan fingerprint density at radius 3 is 2.67 bits per heavy atom. The Bertz CT molecular complexity index is 565. The van der Waals surface area contributed by atoms with E-state index in [1.165, 1.54) is 0 Å². The van der Waals surface area contributed by atoms with Gasteiger partial charge in [0, 0.05) is 23.3 Å². The average molecular weight is 310 g/mol. The van der Waals surface area contributed by atoms with E-state index in [1.54, 1.807) is 0 Å². The number of rotatable bonds is 3. The summed E-state index contributed by atoms with van der Waals surface area (Å²) in [6.07, 6.45) is 0. The standard InChI is InChI=1S/C13H16BrN3O/c1-8-4-13(11(14)6-12(8)15)17(3)7-10-5-9(2)18-16-10/h4-6H,7,15H2,1-3H3. The Balaban J connectivity index is 2.23. The summed E-state index contributed by atoms with van der Waals surface area (Å²) >= 11 is 3.53. The van der Waals surface area contributed by atoms with Crippen molar-refractivity contribution in [3.63, 3.8) is 0 Å². The normalized spacial score (nSPS) is 10.7. The summed E-state index contributed by atoms with van der Waals surface area (Å²) < 4.78 is 6.05. The largest absolute Gasteiger partial charge is 0.398 e. The van der Waals surface area contributed by atoms with Gasteiger partial charge >= 0.3 is 0 Å². The monoisotopic (exact) mass is 309 g/mol. The van der Waals surface area contributed by atoms with Crippen molar-refractivity contribution in [2.75, 3.05) is 17.7 Å². The Hall–Kier alpha value is -1.49. The molecule has 0 aliphatic carbocycles. The highest BCUT2D eigenvalue weighted by Crippen LogP contribution is 2.30. The van der Waals surface area contributed by atoms with Crippen LogP contribution in [0.4, 0.5) is 11.4 Å². The minimum Gasteiger partial charge on any atom is -0.398 e. The van der Waals surface area contributed by atoms with E-state index in [0.717, 1.165) is 32.9 Å². The first-order valence-corrected chi connectivity index (χ1v) is 6.45. The maximum Gasteiger partial charge on any atom is 0.133 e. The first kappa shape index (κ1) is 13.0. The van der Waals surface area contributed by atoms with Gasteiger partial charge in [-0.25, -0.2) is 0 Å². The Labute approximate surface area is 115 Å². The van der Waals surface area contributed by atoms with Crippen LogP contribution < -0.4 is 10.6 Å². The van der Waals surface area contributed by atoms with Crippen LogP contribution in [0.2, 0.25) is 0 Å². The van der Waals surface area contributed by atoms with E-state index in [1.807, 2.05) is 33.0 Å². The van der Waals surface area contributed by atoms with Crippen molar-refractivity contribution in [3.8, 4) is 0 Å². The molecule has 1 heterocycles. The van der Waals surface area contributed by atoms with Crippen molar-refractivity contribution in [1.82, 2.24) is 5.16 Å². The number of aromatic nitrogens is 1. The van der Waals surface area contributed by atoms with Crippen LogP contribution in [0.3, 0.4) is 0 Å². The van der Waals surface area contributed by atoms with Crippen LogP contribution in [-0.4, -0.2) is 12.2 Å². The maximum atomic E-state index is 5.87. The minimum atomic E-state index is 0.694. The summed E-state index contributed by atoms with van der Waals surface area (Å²) in [5.74, 6) is 0.825. The van der Waals surface area contributed by atoms with Crippen molar-refractivity contribution >= 4 is 27.3 Å². The predicted octanol–water partition coefficient (Wildman–Crippen LogP) is 3.27. The summed E-state index contributed by atoms with van der Waals surface area (Å²) in [6.45, 7) is 4.58. The molecular formula is C13H16BrN3O. The van der Waals surface area contributed by atoms with Gasteiger partial charge in [0.25, 0.3) is 0 Å². The van der Waals surface area contributed by atoms with Gasteiger partial charge in [-0.15, -0.1) is 0 Å². The summed E-state index contributed by atoms with van der Waals surface area (Å²) in [7, 11) is 2.01. The third kappa shape index (κ3) is 2.67. The van der Waals surface area contributed by atoms with Crippen molar-refractivity contribution in [1.29, 1.82) is 0 Å². The molecule has 1 aromatic heterocycles. The van der Waals surface area contributed by atoms with Crippen molar-refractivity contribution in [2.45, 2.75) is 20.4 Å². The van der Waals surface area contributed by atoms with Crippen molar-refractivity contribution in [3.05, 3.63) is 39.7 Å². The second kappa shape index (κ2) is 5.02. The van der Waals surface area contributed by atoms with Gasteiger partial charge in [0.1, 0.15) is 11.5 Å². The molecule has 18 heavy (non-hydrogen) atoms. The number of nitrogen functional groups attached to an aromatic ring is 1. The average Bonchev–Trinajstić information content (AvgIpc) is 2.69. The van der Waals surface area contributed by atoms with Crippen LogP contribution >= 0.6 is 15.9 Å². The van der Waals surface area contributed by atoms with Crippen molar-refractivity contribution < 1.29 is 4.52 Å². The summed E-state index contributed by atoms with van der Waals surface area (Å²) in [6, 6.07) is 5.93. The van der Waals surface area contributed by atoms with Crippen molar-refractivity contribution in [2.24, 2.45) is 0 Å². The van der Waals surface area contributed by atoms with Crippen LogP contribution in [0.15, 0.2) is 27.2 Å². The van der Waals surface area contributed by atoms with E-state index < -0.39 is 0 Å². The second-order valence-corrected chi connectivity index (χ2v) is 5.30. The van der Waals surface area contributed by atoms with Gasteiger partial charge in [-0.05, 0) is 47.5 Å². The maximum absolute atomic E-state index is 5.87. The third-order valence-corrected chi connectivity index (χ3v) is 3.46. The van der Waals surface area contributed by atoms with Crippen LogP contribution in [0, 0.1) is 13.8 Å². The third-order valence-electron chi connectivity index (χ3n) is 2.82. The van der Waals surface area contributed by atoms with E-state index in [-0.39, 0.29) is 0 Å². The number of nitrogens with zero attached hydrogens (tertiary/aromatic N) is 2. The van der Waals surface area contributed by atoms with Gasteiger partial charge in [-0.3, -0.25) is 0 Å². The molecule has 2 rings (SSSR count). The molecule has 0 saturated heterocycles. The van der Waals surface area contributed by atoms with Crippen LogP contribution in [0.1, 0.15) is 17.0 Å². The van der Waals surface area contributed by atoms with E-state index in [2.05, 4.69) is 32.1 Å². The highest BCUT2D eigenvalue weighted by atomic mass is 79.9. The SMILES string of the molecule is Cc1cc(CN(C)c2cc(C)c(N)cc2Br)no1. The quantitative estimate of drug-likeness (QED) is 0.884. The zero-order chi connectivity index (χ0) is 13.3. The summed E-state index contributed by atoms with van der Waals surface area (Å²) in [4.78, 5) is 2.10. The first-order valence-electron chi connectivity index (χ1n) is 5.66. The number of nitrogens with two attached hydrogens (primary N) is 1. The fourth-order valence-corrected chi connectivity index (χ4v) is 2.46. The number of aryl methyl sites for hydroxylation is 2. The molecule has 1 aromatic carbocycles. The lowest BCUT2D eigenvalue weighted by Gasteiger charge is -2.20. The van der Waals surface area contributed by atoms with Gasteiger partial charge in [-0.1, -0.05) is 5.16 Å². The van der Waals surface area contributed by atoms with Crippen LogP contribution in [-0.2, 0) is 6.54 Å². The highest BCUT2D eigenvalue weighted by Gasteiger charge is 2.10. The lowest BCUT2D eigenvalue weighted by molar-refractivity contribution is 0.390. The molecule has 0 amide bonds. The van der Waals surface area contributed by atoms with Gasteiger partial charge in [0.05, 0.1) is 12.2 Å². The second-order valence-electron chi connectivity index (χ2n) is 4.45. The molecule has 0 aliphatic heterocycles. The molecule has 0 aliphatic rings. The van der Waals surface area contributed by atoms with Crippen LogP contribution in [0.5, 0.6) is 0 Å². The molecule has 0 bridgehead atoms. The molecule has 2 aromatic rings. The number of hydrogen-bond donors (Lipinski definition) is 1. The number of hydrogen-bond acceptors (Lipinski definition) is 4. The summed E-state index contributed by atoms with van der Waals surface area (Å²) in [5.41, 5.74) is 9.72. The molecule has 4 nitrogen and oxygen atoms in total. The van der Waals surface area contributed by atoms with Gasteiger partial charge in [0.2, 0.25) is 0 Å². The number of benzene rings is 1. The first-order chi connectivity index (χ1) is 8.47. The molecule has 0 atom stereocenters. The molecule has 2 N–H and O–H groups in total. The van der Waals surface area contributed by atoms with Gasteiger partial charge < -0.3 is 15.2 Å². The van der Waals surface area contributed by atoms with E-state index in [4.69, 9.17) is 10.3 Å². The van der Waals surface area contributed by atoms with Gasteiger partial charge in [0.15, 0.2) is 0 Å². The molecule has 0 saturated carbocycles. The molecule has 0 unspecified atom stereocenters. The fraction of sp³-hybridized carbons (Fsp3) is 0.308. The van der Waals surface area contributed by atoms with E-state index in [0.29, 0.717) is 6.54 Å². The lowest BCUT2D eigenvalue weighted by Crippen LogP contribution is -2.17. The number of halogens is 1. The molecule has 5 heteroatoms. The van der Waals surface area contributed by atoms with E-state index >= 15 is 0 Å². The lowest BCUT2D eigenvalue weighted by atomic mass is 10.1. The minimum absolute atomic E-state index is 0.694. The topological polar surface area (TPSA) is 55.3 Å². The smallest absolute Gasteiger partial charge is 0.133 e. The zero-order valence-corrected chi connectivity index (χ0v) is 12.3. The molecular weight excluding hydrogens is 294 g/mol. The molecule has 96 valence electrons. The molecule has 0 fully saturated rings. The molecule has 0 spiro atoms. The van der Waals surface area contributed by atoms with E-state index in [9.17, 15) is 0 Å². The number of anilines is 2. The summed E-state index contributed by atoms with van der Waals surface area (Å²) in [5, 5.41) is 3.99. The highest BCUT2D eigenvalue weighted by molar-refractivity contribution is 9.10. The Morgan fingerprint density at radius 2 is 2.06 bits per heavy atom. The Kier molecular flexibility index (Phi) is 3.61. The fourth-order valence-electron chi connectivity index (χ4n) is 1.79.